The van der Waals surface area contributed by atoms with Crippen molar-refractivity contribution in [3.05, 3.63) is 64.8 Å². The number of thiophene rings is 1. The molecule has 3 heterocycles. The van der Waals surface area contributed by atoms with Crippen LogP contribution >= 0.6 is 23.1 Å². The minimum Gasteiger partial charge on any atom is -0.440 e. The van der Waals surface area contributed by atoms with Crippen molar-refractivity contribution >= 4 is 23.1 Å². The summed E-state index contributed by atoms with van der Waals surface area (Å²) < 4.78 is 7.60. The highest BCUT2D eigenvalue weighted by Gasteiger charge is 2.11. The van der Waals surface area contributed by atoms with E-state index in [0.717, 1.165) is 16.5 Å². The van der Waals surface area contributed by atoms with Gasteiger partial charge in [-0.15, -0.1) is 16.4 Å². The summed E-state index contributed by atoms with van der Waals surface area (Å²) >= 11 is 3.20. The first-order valence-electron chi connectivity index (χ1n) is 7.30. The van der Waals surface area contributed by atoms with Gasteiger partial charge in [0.1, 0.15) is 0 Å². The van der Waals surface area contributed by atoms with Crippen LogP contribution in [-0.2, 0) is 12.3 Å². The molecule has 0 spiro atoms. The van der Waals surface area contributed by atoms with Gasteiger partial charge in [-0.2, -0.15) is 0 Å². The van der Waals surface area contributed by atoms with Crippen LogP contribution in [0.4, 0.5) is 0 Å². The van der Waals surface area contributed by atoms with E-state index in [4.69, 9.17) is 4.42 Å². The highest BCUT2D eigenvalue weighted by molar-refractivity contribution is 7.98. The molecule has 4 rings (SSSR count). The van der Waals surface area contributed by atoms with Crippen molar-refractivity contribution in [1.82, 2.24) is 25.2 Å². The van der Waals surface area contributed by atoms with Crippen LogP contribution in [0.5, 0.6) is 0 Å². The molecule has 1 aromatic carbocycles. The minimum atomic E-state index is 0.581. The monoisotopic (exact) mass is 355 g/mol. The molecule has 24 heavy (non-hydrogen) atoms. The van der Waals surface area contributed by atoms with Crippen molar-refractivity contribution in [2.45, 2.75) is 17.5 Å². The first kappa shape index (κ1) is 15.1. The van der Waals surface area contributed by atoms with Crippen LogP contribution in [-0.4, -0.2) is 25.2 Å². The molecule has 0 saturated carbocycles. The molecular formula is C16H13N5OS2. The molecule has 0 unspecified atom stereocenters. The van der Waals surface area contributed by atoms with Crippen LogP contribution < -0.4 is 0 Å². The molecule has 0 aliphatic rings. The zero-order valence-electron chi connectivity index (χ0n) is 12.6. The molecule has 0 saturated heterocycles. The largest absolute Gasteiger partial charge is 0.440 e. The van der Waals surface area contributed by atoms with Crippen molar-refractivity contribution in [1.29, 1.82) is 0 Å². The van der Waals surface area contributed by atoms with Crippen molar-refractivity contribution in [2.75, 3.05) is 0 Å². The third-order valence-electron chi connectivity index (χ3n) is 3.32. The average Bonchev–Trinajstić information content (AvgIpc) is 3.37. The molecule has 6 nitrogen and oxygen atoms in total. The van der Waals surface area contributed by atoms with E-state index >= 15 is 0 Å². The fraction of sp³-hybridized carbons (Fsp3) is 0.125. The second kappa shape index (κ2) is 6.98. The van der Waals surface area contributed by atoms with Crippen LogP contribution in [0.2, 0.25) is 0 Å². The van der Waals surface area contributed by atoms with Crippen LogP contribution in [0.1, 0.15) is 10.8 Å². The smallest absolute Gasteiger partial charge is 0.210 e. The molecule has 0 fully saturated rings. The normalized spacial score (nSPS) is 11.0. The quantitative estimate of drug-likeness (QED) is 0.491. The molecule has 0 N–H and O–H groups in total. The van der Waals surface area contributed by atoms with Gasteiger partial charge in [0.05, 0.1) is 18.5 Å². The van der Waals surface area contributed by atoms with Crippen LogP contribution in [0.15, 0.2) is 63.6 Å². The van der Waals surface area contributed by atoms with Crippen LogP contribution in [0.25, 0.3) is 11.3 Å². The Balaban J connectivity index is 1.43. The summed E-state index contributed by atoms with van der Waals surface area (Å²) in [5.41, 5.74) is 1.02. The predicted octanol–water partition coefficient (Wildman–Crippen LogP) is 3.73. The number of rotatable bonds is 6. The number of hydrogen-bond donors (Lipinski definition) is 0. The van der Waals surface area contributed by atoms with Gasteiger partial charge in [0.25, 0.3) is 0 Å². The highest BCUT2D eigenvalue weighted by atomic mass is 32.2. The molecule has 0 amide bonds. The first-order valence-corrected chi connectivity index (χ1v) is 9.16. The summed E-state index contributed by atoms with van der Waals surface area (Å²) in [6.07, 6.45) is 1.75. The summed E-state index contributed by atoms with van der Waals surface area (Å²) in [5.74, 6) is 2.01. The second-order valence-corrected chi connectivity index (χ2v) is 6.95. The number of tetrazole rings is 1. The Labute approximate surface area is 146 Å². The lowest BCUT2D eigenvalue weighted by Gasteiger charge is -2.01. The molecule has 0 aliphatic carbocycles. The van der Waals surface area contributed by atoms with E-state index in [9.17, 15) is 0 Å². The average molecular weight is 355 g/mol. The van der Waals surface area contributed by atoms with Crippen molar-refractivity contribution < 1.29 is 4.42 Å². The van der Waals surface area contributed by atoms with Gasteiger partial charge in [0, 0.05) is 10.4 Å². The van der Waals surface area contributed by atoms with E-state index in [1.165, 1.54) is 16.6 Å². The van der Waals surface area contributed by atoms with Crippen molar-refractivity contribution in [2.24, 2.45) is 0 Å². The maximum Gasteiger partial charge on any atom is 0.210 e. The zero-order chi connectivity index (χ0) is 16.2. The molecule has 120 valence electrons. The van der Waals surface area contributed by atoms with Crippen LogP contribution in [0.3, 0.4) is 0 Å². The lowest BCUT2D eigenvalue weighted by molar-refractivity contribution is 0.529. The van der Waals surface area contributed by atoms with Gasteiger partial charge in [-0.3, -0.25) is 0 Å². The maximum absolute atomic E-state index is 5.81. The Kier molecular flexibility index (Phi) is 4.39. The zero-order valence-corrected chi connectivity index (χ0v) is 14.2. The standard InChI is InChI=1S/C16H13N5OS2/c1-2-5-12(6-3-1)14-9-17-15(22-14)11-24-16-18-19-20-21(16)10-13-7-4-8-23-13/h1-9H,10-11H2. The van der Waals surface area contributed by atoms with E-state index in [1.807, 2.05) is 41.8 Å². The van der Waals surface area contributed by atoms with Gasteiger partial charge < -0.3 is 4.42 Å². The second-order valence-electron chi connectivity index (χ2n) is 4.97. The minimum absolute atomic E-state index is 0.581. The SMILES string of the molecule is c1ccc(-c2cnc(CSc3nnnn3Cc3cccs3)o2)cc1. The molecule has 0 radical (unpaired) electrons. The summed E-state index contributed by atoms with van der Waals surface area (Å²) in [6.45, 7) is 0.674. The summed E-state index contributed by atoms with van der Waals surface area (Å²) in [6, 6.07) is 14.0. The lowest BCUT2D eigenvalue weighted by Crippen LogP contribution is -2.02. The van der Waals surface area contributed by atoms with Crippen molar-refractivity contribution in [3.63, 3.8) is 0 Å². The number of thioether (sulfide) groups is 1. The van der Waals surface area contributed by atoms with Gasteiger partial charge >= 0.3 is 0 Å². The number of oxazole rings is 1. The van der Waals surface area contributed by atoms with E-state index in [-0.39, 0.29) is 0 Å². The Hall–Kier alpha value is -2.45. The molecule has 3 aromatic heterocycles. The number of aromatic nitrogens is 5. The number of benzene rings is 1. The van der Waals surface area contributed by atoms with Gasteiger partial charge in [0.2, 0.25) is 11.0 Å². The molecule has 0 atom stereocenters. The first-order chi connectivity index (χ1) is 11.9. The van der Waals surface area contributed by atoms with Crippen LogP contribution in [0, 0.1) is 0 Å². The predicted molar refractivity (Wildman–Crippen MR) is 92.7 cm³/mol. The number of nitrogens with zero attached hydrogens (tertiary/aromatic N) is 5. The summed E-state index contributed by atoms with van der Waals surface area (Å²) in [7, 11) is 0. The van der Waals surface area contributed by atoms with Gasteiger partial charge in [-0.05, 0) is 21.9 Å². The molecule has 0 bridgehead atoms. The fourth-order valence-electron chi connectivity index (χ4n) is 2.19. The number of hydrogen-bond acceptors (Lipinski definition) is 7. The third kappa shape index (κ3) is 3.39. The Morgan fingerprint density at radius 3 is 2.88 bits per heavy atom. The van der Waals surface area contributed by atoms with Crippen molar-refractivity contribution in [3.8, 4) is 11.3 Å². The Morgan fingerprint density at radius 1 is 1.12 bits per heavy atom. The van der Waals surface area contributed by atoms with Gasteiger partial charge in [-0.25, -0.2) is 9.67 Å². The van der Waals surface area contributed by atoms with E-state index in [0.29, 0.717) is 18.2 Å². The third-order valence-corrected chi connectivity index (χ3v) is 5.12. The van der Waals surface area contributed by atoms with Gasteiger partial charge in [0.15, 0.2) is 5.76 Å². The Bertz CT molecular complexity index is 902. The van der Waals surface area contributed by atoms with E-state index < -0.39 is 0 Å². The topological polar surface area (TPSA) is 69.6 Å². The Morgan fingerprint density at radius 2 is 2.04 bits per heavy atom. The fourth-order valence-corrected chi connectivity index (χ4v) is 3.60. The highest BCUT2D eigenvalue weighted by Crippen LogP contribution is 2.25. The van der Waals surface area contributed by atoms with E-state index in [1.54, 1.807) is 22.2 Å². The molecular weight excluding hydrogens is 342 g/mol. The molecule has 0 aliphatic heterocycles. The lowest BCUT2D eigenvalue weighted by atomic mass is 10.2. The maximum atomic E-state index is 5.81. The summed E-state index contributed by atoms with van der Waals surface area (Å²) in [5, 5.41) is 14.7. The molecule has 8 heteroatoms. The van der Waals surface area contributed by atoms with Gasteiger partial charge in [-0.1, -0.05) is 48.2 Å². The summed E-state index contributed by atoms with van der Waals surface area (Å²) in [4.78, 5) is 5.55. The molecule has 4 aromatic rings. The van der Waals surface area contributed by atoms with E-state index in [2.05, 4.69) is 26.6 Å².